The molecule has 2 N–H and O–H groups in total. The van der Waals surface area contributed by atoms with E-state index in [2.05, 4.69) is 0 Å². The number of nitrogens with two attached hydrogens (primary N) is 1. The largest absolute Gasteiger partial charge is 0.324 e. The maximum absolute atomic E-state index is 12.9. The van der Waals surface area contributed by atoms with Gasteiger partial charge in [-0.1, -0.05) is 30.5 Å². The van der Waals surface area contributed by atoms with Crippen LogP contribution in [0.15, 0.2) is 18.2 Å². The molecule has 1 saturated carbocycles. The van der Waals surface area contributed by atoms with Gasteiger partial charge in [0.05, 0.1) is 0 Å². The van der Waals surface area contributed by atoms with Crippen molar-refractivity contribution in [2.24, 2.45) is 11.7 Å². The molecule has 1 fully saturated rings. The van der Waals surface area contributed by atoms with Crippen molar-refractivity contribution >= 4 is 11.6 Å². The monoisotopic (exact) mass is 227 g/mol. The molecule has 0 heterocycles. The van der Waals surface area contributed by atoms with Crippen LogP contribution in [0.25, 0.3) is 0 Å². The minimum Gasteiger partial charge on any atom is -0.324 e. The summed E-state index contributed by atoms with van der Waals surface area (Å²) >= 11 is 5.98. The molecule has 1 atom stereocenters. The molecule has 0 aliphatic heterocycles. The molecule has 2 rings (SSSR count). The van der Waals surface area contributed by atoms with Gasteiger partial charge in [-0.3, -0.25) is 0 Å². The molecule has 0 amide bonds. The fraction of sp³-hybridized carbons (Fsp3) is 0.500. The Hall–Kier alpha value is -0.600. The van der Waals surface area contributed by atoms with Crippen LogP contribution < -0.4 is 5.73 Å². The van der Waals surface area contributed by atoms with Crippen molar-refractivity contribution in [1.29, 1.82) is 0 Å². The van der Waals surface area contributed by atoms with E-state index in [0.29, 0.717) is 10.9 Å². The Kier molecular flexibility index (Phi) is 3.27. The summed E-state index contributed by atoms with van der Waals surface area (Å²) in [5, 5.41) is 0.453. The third-order valence-corrected chi connectivity index (χ3v) is 3.56. The van der Waals surface area contributed by atoms with E-state index >= 15 is 0 Å². The third kappa shape index (κ3) is 2.32. The van der Waals surface area contributed by atoms with Gasteiger partial charge in [0.2, 0.25) is 0 Å². The maximum atomic E-state index is 12.9. The zero-order valence-electron chi connectivity index (χ0n) is 8.55. The quantitative estimate of drug-likeness (QED) is 0.820. The third-order valence-electron chi connectivity index (χ3n) is 3.23. The lowest BCUT2D eigenvalue weighted by Crippen LogP contribution is -2.19. The van der Waals surface area contributed by atoms with Gasteiger partial charge in [0, 0.05) is 11.1 Å². The summed E-state index contributed by atoms with van der Waals surface area (Å²) < 4.78 is 12.9. The molecule has 1 aliphatic carbocycles. The lowest BCUT2D eigenvalue weighted by molar-refractivity contribution is 0.444. The molecule has 1 aliphatic rings. The van der Waals surface area contributed by atoms with Crippen LogP contribution in [-0.4, -0.2) is 0 Å². The number of benzene rings is 1. The average molecular weight is 228 g/mol. The molecule has 15 heavy (non-hydrogen) atoms. The molecule has 0 unspecified atom stereocenters. The molecule has 1 aromatic rings. The second kappa shape index (κ2) is 4.50. The molecule has 0 spiro atoms. The molecule has 0 saturated heterocycles. The van der Waals surface area contributed by atoms with Gasteiger partial charge in [0.25, 0.3) is 0 Å². The van der Waals surface area contributed by atoms with E-state index in [4.69, 9.17) is 17.3 Å². The lowest BCUT2D eigenvalue weighted by atomic mass is 9.92. The first kappa shape index (κ1) is 10.9. The SMILES string of the molecule is N[C@@H](c1ccc(F)cc1Cl)C1CCCC1. The Morgan fingerprint density at radius 3 is 2.60 bits per heavy atom. The summed E-state index contributed by atoms with van der Waals surface area (Å²) in [6, 6.07) is 4.43. The Balaban J connectivity index is 2.20. The summed E-state index contributed by atoms with van der Waals surface area (Å²) in [7, 11) is 0. The van der Waals surface area contributed by atoms with Gasteiger partial charge in [0.1, 0.15) is 5.82 Å². The molecular weight excluding hydrogens is 213 g/mol. The smallest absolute Gasteiger partial charge is 0.124 e. The van der Waals surface area contributed by atoms with E-state index in [-0.39, 0.29) is 11.9 Å². The van der Waals surface area contributed by atoms with Crippen LogP contribution in [0.1, 0.15) is 37.3 Å². The minimum atomic E-state index is -0.303. The highest BCUT2D eigenvalue weighted by Gasteiger charge is 2.24. The minimum absolute atomic E-state index is 0.0411. The van der Waals surface area contributed by atoms with Crippen LogP contribution in [0.2, 0.25) is 5.02 Å². The van der Waals surface area contributed by atoms with E-state index in [1.807, 2.05) is 0 Å². The normalized spacial score (nSPS) is 19.4. The average Bonchev–Trinajstić information content (AvgIpc) is 2.69. The van der Waals surface area contributed by atoms with Gasteiger partial charge in [-0.2, -0.15) is 0 Å². The standard InChI is InChI=1S/C12H15ClFN/c13-11-7-9(14)5-6-10(11)12(15)8-3-1-2-4-8/h5-8,12H,1-4,15H2/t12-/m1/s1. The molecule has 0 radical (unpaired) electrons. The topological polar surface area (TPSA) is 26.0 Å². The molecule has 0 aromatic heterocycles. The lowest BCUT2D eigenvalue weighted by Gasteiger charge is -2.20. The molecular formula is C12H15ClFN. The van der Waals surface area contributed by atoms with Gasteiger partial charge >= 0.3 is 0 Å². The van der Waals surface area contributed by atoms with Crippen molar-refractivity contribution < 1.29 is 4.39 Å². The van der Waals surface area contributed by atoms with Gasteiger partial charge in [-0.25, -0.2) is 4.39 Å². The maximum Gasteiger partial charge on any atom is 0.124 e. The summed E-state index contributed by atoms with van der Waals surface area (Å²) in [6.45, 7) is 0. The van der Waals surface area contributed by atoms with Crippen molar-refractivity contribution in [2.75, 3.05) is 0 Å². The fourth-order valence-corrected chi connectivity index (χ4v) is 2.64. The number of hydrogen-bond acceptors (Lipinski definition) is 1. The van der Waals surface area contributed by atoms with Gasteiger partial charge < -0.3 is 5.73 Å². The molecule has 1 aromatic carbocycles. The highest BCUT2D eigenvalue weighted by Crippen LogP contribution is 2.36. The van der Waals surface area contributed by atoms with E-state index < -0.39 is 0 Å². The zero-order chi connectivity index (χ0) is 10.8. The number of hydrogen-bond donors (Lipinski definition) is 1. The first-order chi connectivity index (χ1) is 7.18. The van der Waals surface area contributed by atoms with Crippen LogP contribution >= 0.6 is 11.6 Å². The van der Waals surface area contributed by atoms with Crippen LogP contribution in [-0.2, 0) is 0 Å². The number of halogens is 2. The Bertz CT molecular complexity index is 347. The molecule has 3 heteroatoms. The predicted molar refractivity (Wildman–Crippen MR) is 60.3 cm³/mol. The van der Waals surface area contributed by atoms with Gasteiger partial charge in [-0.15, -0.1) is 0 Å². The van der Waals surface area contributed by atoms with Crippen molar-refractivity contribution in [2.45, 2.75) is 31.7 Å². The van der Waals surface area contributed by atoms with Crippen molar-refractivity contribution in [3.8, 4) is 0 Å². The van der Waals surface area contributed by atoms with E-state index in [1.165, 1.54) is 25.0 Å². The van der Waals surface area contributed by atoms with Crippen molar-refractivity contribution in [3.63, 3.8) is 0 Å². The van der Waals surface area contributed by atoms with Gasteiger partial charge in [0.15, 0.2) is 0 Å². The molecule has 1 nitrogen and oxygen atoms in total. The Labute approximate surface area is 94.4 Å². The van der Waals surface area contributed by atoms with Crippen LogP contribution in [0, 0.1) is 11.7 Å². The Morgan fingerprint density at radius 1 is 1.33 bits per heavy atom. The second-order valence-corrected chi connectivity index (χ2v) is 4.64. The first-order valence-corrected chi connectivity index (χ1v) is 5.77. The van der Waals surface area contributed by atoms with Crippen LogP contribution in [0.5, 0.6) is 0 Å². The molecule has 0 bridgehead atoms. The van der Waals surface area contributed by atoms with Crippen molar-refractivity contribution in [1.82, 2.24) is 0 Å². The van der Waals surface area contributed by atoms with E-state index in [9.17, 15) is 4.39 Å². The highest BCUT2D eigenvalue weighted by molar-refractivity contribution is 6.31. The summed E-state index contributed by atoms with van der Waals surface area (Å²) in [4.78, 5) is 0. The number of rotatable bonds is 2. The predicted octanol–water partition coefficient (Wildman–Crippen LogP) is 3.67. The van der Waals surface area contributed by atoms with E-state index in [1.54, 1.807) is 6.07 Å². The first-order valence-electron chi connectivity index (χ1n) is 5.39. The zero-order valence-corrected chi connectivity index (χ0v) is 9.30. The summed E-state index contributed by atoms with van der Waals surface area (Å²) in [5.41, 5.74) is 7.02. The Morgan fingerprint density at radius 2 is 2.00 bits per heavy atom. The van der Waals surface area contributed by atoms with E-state index in [0.717, 1.165) is 18.4 Å². The van der Waals surface area contributed by atoms with Crippen molar-refractivity contribution in [3.05, 3.63) is 34.6 Å². The summed E-state index contributed by atoms with van der Waals surface area (Å²) in [5.74, 6) is 0.204. The van der Waals surface area contributed by atoms with Gasteiger partial charge in [-0.05, 0) is 36.5 Å². The van der Waals surface area contributed by atoms with Crippen LogP contribution in [0.4, 0.5) is 4.39 Å². The second-order valence-electron chi connectivity index (χ2n) is 4.24. The fourth-order valence-electron chi connectivity index (χ4n) is 2.34. The highest BCUT2D eigenvalue weighted by atomic mass is 35.5. The van der Waals surface area contributed by atoms with Crippen LogP contribution in [0.3, 0.4) is 0 Å². The summed E-state index contributed by atoms with van der Waals surface area (Å²) in [6.07, 6.45) is 4.82. The molecule has 82 valence electrons.